The van der Waals surface area contributed by atoms with Gasteiger partial charge in [-0.1, -0.05) is 6.92 Å². The van der Waals surface area contributed by atoms with Crippen molar-refractivity contribution in [1.29, 1.82) is 0 Å². The van der Waals surface area contributed by atoms with Crippen LogP contribution in [0.4, 0.5) is 0 Å². The highest BCUT2D eigenvalue weighted by atomic mass is 16.4. The lowest BCUT2D eigenvalue weighted by Crippen LogP contribution is -2.46. The average Bonchev–Trinajstić information content (AvgIpc) is 2.59. The van der Waals surface area contributed by atoms with E-state index in [0.717, 1.165) is 17.7 Å². The molecule has 1 rings (SSSR count). The molecule has 0 saturated heterocycles. The molecule has 0 spiro atoms. The molecule has 4 nitrogen and oxygen atoms in total. The fraction of sp³-hybridized carbons (Fsp3) is 0.583. The number of aliphatic hydroxyl groups is 1. The normalized spacial score (nSPS) is 11.6. The zero-order valence-corrected chi connectivity index (χ0v) is 10.3. The van der Waals surface area contributed by atoms with Crippen molar-refractivity contribution < 1.29 is 14.3 Å². The summed E-state index contributed by atoms with van der Waals surface area (Å²) in [6, 6.07) is 1.72. The summed E-state index contributed by atoms with van der Waals surface area (Å²) in [6.45, 7) is 7.28. The first-order chi connectivity index (χ1) is 7.39. The Labute approximate surface area is 95.7 Å². The SMILES string of the molecule is CCc1oc(C(=O)NC(C)(C)CO)cc1C. The lowest BCUT2D eigenvalue weighted by molar-refractivity contribution is 0.0839. The molecule has 16 heavy (non-hydrogen) atoms. The molecular weight excluding hydrogens is 206 g/mol. The Bertz CT molecular complexity index is 380. The number of rotatable bonds is 4. The van der Waals surface area contributed by atoms with Gasteiger partial charge in [0.05, 0.1) is 12.1 Å². The molecule has 4 heteroatoms. The van der Waals surface area contributed by atoms with E-state index in [0.29, 0.717) is 5.76 Å². The highest BCUT2D eigenvalue weighted by Crippen LogP contribution is 2.15. The summed E-state index contributed by atoms with van der Waals surface area (Å²) in [7, 11) is 0. The van der Waals surface area contributed by atoms with Crippen molar-refractivity contribution in [2.24, 2.45) is 0 Å². The van der Waals surface area contributed by atoms with Gasteiger partial charge in [-0.2, -0.15) is 0 Å². The van der Waals surface area contributed by atoms with Crippen LogP contribution in [0, 0.1) is 6.92 Å². The number of amides is 1. The Morgan fingerprint density at radius 3 is 2.62 bits per heavy atom. The van der Waals surface area contributed by atoms with Crippen molar-refractivity contribution in [3.63, 3.8) is 0 Å². The van der Waals surface area contributed by atoms with Crippen molar-refractivity contribution in [2.75, 3.05) is 6.61 Å². The third kappa shape index (κ3) is 2.85. The van der Waals surface area contributed by atoms with Crippen molar-refractivity contribution in [3.8, 4) is 0 Å². The van der Waals surface area contributed by atoms with Crippen LogP contribution in [0.2, 0.25) is 0 Å². The van der Waals surface area contributed by atoms with Gasteiger partial charge in [-0.3, -0.25) is 4.79 Å². The van der Waals surface area contributed by atoms with Gasteiger partial charge in [0, 0.05) is 6.42 Å². The lowest BCUT2D eigenvalue weighted by atomic mass is 10.1. The first kappa shape index (κ1) is 12.8. The van der Waals surface area contributed by atoms with Crippen molar-refractivity contribution in [2.45, 2.75) is 39.7 Å². The molecule has 2 N–H and O–H groups in total. The molecule has 0 aliphatic heterocycles. The van der Waals surface area contributed by atoms with Crippen LogP contribution in [0.25, 0.3) is 0 Å². The average molecular weight is 225 g/mol. The molecule has 0 fully saturated rings. The van der Waals surface area contributed by atoms with E-state index in [1.807, 2.05) is 13.8 Å². The van der Waals surface area contributed by atoms with Crippen LogP contribution >= 0.6 is 0 Å². The van der Waals surface area contributed by atoms with Gasteiger partial charge in [0.2, 0.25) is 0 Å². The topological polar surface area (TPSA) is 62.5 Å². The zero-order chi connectivity index (χ0) is 12.3. The predicted molar refractivity (Wildman–Crippen MR) is 61.5 cm³/mol. The van der Waals surface area contributed by atoms with Gasteiger partial charge in [0.25, 0.3) is 5.91 Å². The molecule has 0 aliphatic carbocycles. The molecule has 0 bridgehead atoms. The second-order valence-corrected chi connectivity index (χ2v) is 4.57. The fourth-order valence-electron chi connectivity index (χ4n) is 1.39. The third-order valence-electron chi connectivity index (χ3n) is 2.41. The number of aliphatic hydroxyl groups excluding tert-OH is 1. The smallest absolute Gasteiger partial charge is 0.287 e. The summed E-state index contributed by atoms with van der Waals surface area (Å²) < 4.78 is 5.42. The van der Waals surface area contributed by atoms with Crippen LogP contribution < -0.4 is 5.32 Å². The Balaban J connectivity index is 2.81. The molecular formula is C12H19NO3. The van der Waals surface area contributed by atoms with E-state index in [-0.39, 0.29) is 12.5 Å². The Kier molecular flexibility index (Phi) is 3.75. The first-order valence-corrected chi connectivity index (χ1v) is 5.42. The van der Waals surface area contributed by atoms with E-state index >= 15 is 0 Å². The zero-order valence-electron chi connectivity index (χ0n) is 10.3. The van der Waals surface area contributed by atoms with Gasteiger partial charge in [0.1, 0.15) is 5.76 Å². The van der Waals surface area contributed by atoms with Crippen molar-refractivity contribution in [1.82, 2.24) is 5.32 Å². The molecule has 1 amide bonds. The number of nitrogens with one attached hydrogen (secondary N) is 1. The maximum atomic E-state index is 11.8. The molecule has 0 atom stereocenters. The minimum absolute atomic E-state index is 0.112. The maximum absolute atomic E-state index is 11.8. The van der Waals surface area contributed by atoms with Gasteiger partial charge < -0.3 is 14.8 Å². The summed E-state index contributed by atoms with van der Waals surface area (Å²) in [4.78, 5) is 11.8. The number of hydrogen-bond acceptors (Lipinski definition) is 3. The van der Waals surface area contributed by atoms with Gasteiger partial charge >= 0.3 is 0 Å². The number of carbonyl (C=O) groups excluding carboxylic acids is 1. The summed E-state index contributed by atoms with van der Waals surface area (Å²) in [5, 5.41) is 11.8. The van der Waals surface area contributed by atoms with Crippen LogP contribution in [-0.2, 0) is 6.42 Å². The van der Waals surface area contributed by atoms with Gasteiger partial charge in [-0.25, -0.2) is 0 Å². The van der Waals surface area contributed by atoms with E-state index in [1.54, 1.807) is 19.9 Å². The Hall–Kier alpha value is -1.29. The second-order valence-electron chi connectivity index (χ2n) is 4.57. The van der Waals surface area contributed by atoms with Gasteiger partial charge in [-0.05, 0) is 32.4 Å². The molecule has 1 heterocycles. The number of carbonyl (C=O) groups is 1. The van der Waals surface area contributed by atoms with Crippen molar-refractivity contribution >= 4 is 5.91 Å². The fourth-order valence-corrected chi connectivity index (χ4v) is 1.39. The number of aryl methyl sites for hydroxylation is 2. The van der Waals surface area contributed by atoms with E-state index < -0.39 is 5.54 Å². The van der Waals surface area contributed by atoms with E-state index in [4.69, 9.17) is 9.52 Å². The molecule has 0 unspecified atom stereocenters. The molecule has 0 saturated carbocycles. The molecule has 1 aromatic rings. The molecule has 0 aromatic carbocycles. The summed E-state index contributed by atoms with van der Waals surface area (Å²) in [5.41, 5.74) is 0.346. The minimum atomic E-state index is -0.635. The summed E-state index contributed by atoms with van der Waals surface area (Å²) in [6.07, 6.45) is 0.766. The van der Waals surface area contributed by atoms with Crippen LogP contribution in [0.5, 0.6) is 0 Å². The molecule has 0 radical (unpaired) electrons. The number of hydrogen-bond donors (Lipinski definition) is 2. The minimum Gasteiger partial charge on any atom is -0.456 e. The predicted octanol–water partition coefficient (Wildman–Crippen LogP) is 1.65. The van der Waals surface area contributed by atoms with Gasteiger partial charge in [0.15, 0.2) is 5.76 Å². The highest BCUT2D eigenvalue weighted by molar-refractivity contribution is 5.92. The van der Waals surface area contributed by atoms with Crippen LogP contribution in [0.3, 0.4) is 0 Å². The largest absolute Gasteiger partial charge is 0.456 e. The highest BCUT2D eigenvalue weighted by Gasteiger charge is 2.22. The van der Waals surface area contributed by atoms with Crippen LogP contribution in [0.15, 0.2) is 10.5 Å². The molecule has 90 valence electrons. The Morgan fingerprint density at radius 1 is 1.56 bits per heavy atom. The quantitative estimate of drug-likeness (QED) is 0.819. The molecule has 0 aliphatic rings. The lowest BCUT2D eigenvalue weighted by Gasteiger charge is -2.22. The Morgan fingerprint density at radius 2 is 2.19 bits per heavy atom. The van der Waals surface area contributed by atoms with E-state index in [2.05, 4.69) is 5.32 Å². The molecule has 1 aromatic heterocycles. The van der Waals surface area contributed by atoms with Crippen LogP contribution in [-0.4, -0.2) is 23.2 Å². The number of furan rings is 1. The van der Waals surface area contributed by atoms with Crippen molar-refractivity contribution in [3.05, 3.63) is 23.2 Å². The van der Waals surface area contributed by atoms with E-state index in [1.165, 1.54) is 0 Å². The van der Waals surface area contributed by atoms with Gasteiger partial charge in [-0.15, -0.1) is 0 Å². The summed E-state index contributed by atoms with van der Waals surface area (Å²) in [5.74, 6) is 0.838. The summed E-state index contributed by atoms with van der Waals surface area (Å²) >= 11 is 0. The van der Waals surface area contributed by atoms with E-state index in [9.17, 15) is 4.79 Å². The monoisotopic (exact) mass is 225 g/mol. The second kappa shape index (κ2) is 4.70. The third-order valence-corrected chi connectivity index (χ3v) is 2.41. The van der Waals surface area contributed by atoms with Crippen LogP contribution in [0.1, 0.15) is 42.6 Å². The maximum Gasteiger partial charge on any atom is 0.287 e. The standard InChI is InChI=1S/C12H19NO3/c1-5-9-8(2)6-10(16-9)11(15)13-12(3,4)7-14/h6,14H,5,7H2,1-4H3,(H,13,15). The first-order valence-electron chi connectivity index (χ1n) is 5.42.